The zero-order valence-corrected chi connectivity index (χ0v) is 12.5. The van der Waals surface area contributed by atoms with Gasteiger partial charge in [-0.25, -0.2) is 0 Å². The second-order valence-corrected chi connectivity index (χ2v) is 5.77. The van der Waals surface area contributed by atoms with E-state index >= 15 is 0 Å². The summed E-state index contributed by atoms with van der Waals surface area (Å²) in [6.07, 6.45) is 0. The van der Waals surface area contributed by atoms with E-state index in [0.29, 0.717) is 5.75 Å². The minimum Gasteiger partial charge on any atom is -0.493 e. The minimum atomic E-state index is -0.128. The van der Waals surface area contributed by atoms with E-state index in [2.05, 4.69) is 19.9 Å². The van der Waals surface area contributed by atoms with Crippen molar-refractivity contribution in [3.05, 3.63) is 45.1 Å². The molecule has 2 N–H and O–H groups in total. The minimum absolute atomic E-state index is 0.128. The summed E-state index contributed by atoms with van der Waals surface area (Å²) in [5, 5.41) is 0. The summed E-state index contributed by atoms with van der Waals surface area (Å²) < 4.78 is 10.6. The van der Waals surface area contributed by atoms with Gasteiger partial charge in [-0.1, -0.05) is 6.07 Å². The molecule has 0 radical (unpaired) electrons. The molecule has 0 aliphatic rings. The summed E-state index contributed by atoms with van der Waals surface area (Å²) in [6, 6.07) is 7.84. The highest BCUT2D eigenvalue weighted by Gasteiger charge is 2.15. The van der Waals surface area contributed by atoms with E-state index in [1.807, 2.05) is 18.2 Å². The van der Waals surface area contributed by atoms with Gasteiger partial charge < -0.3 is 15.2 Å². The number of nitrogens with two attached hydrogens (primary N) is 1. The van der Waals surface area contributed by atoms with Gasteiger partial charge in [-0.05, 0) is 43.2 Å². The number of hydrogen-bond donors (Lipinski definition) is 1. The average Bonchev–Trinajstić information content (AvgIpc) is 2.77. The van der Waals surface area contributed by atoms with Crippen LogP contribution in [0.3, 0.4) is 0 Å². The SMILES string of the molecule is COc1ccc(C(N)c2cc(C)c(C)s2)cc1OC. The summed E-state index contributed by atoms with van der Waals surface area (Å²) >= 11 is 1.74. The summed E-state index contributed by atoms with van der Waals surface area (Å²) in [4.78, 5) is 2.48. The van der Waals surface area contributed by atoms with Crippen LogP contribution in [0, 0.1) is 13.8 Å². The lowest BCUT2D eigenvalue weighted by Gasteiger charge is -2.13. The third kappa shape index (κ3) is 2.74. The lowest BCUT2D eigenvalue weighted by molar-refractivity contribution is 0.354. The zero-order valence-electron chi connectivity index (χ0n) is 11.7. The molecule has 1 atom stereocenters. The van der Waals surface area contributed by atoms with Gasteiger partial charge in [0.05, 0.1) is 20.3 Å². The Kier molecular flexibility index (Phi) is 4.12. The van der Waals surface area contributed by atoms with E-state index in [1.165, 1.54) is 15.3 Å². The summed E-state index contributed by atoms with van der Waals surface area (Å²) in [6.45, 7) is 4.22. The first-order valence-corrected chi connectivity index (χ1v) is 6.93. The Balaban J connectivity index is 2.35. The fourth-order valence-corrected chi connectivity index (χ4v) is 3.04. The molecule has 2 rings (SSSR count). The Morgan fingerprint density at radius 2 is 1.74 bits per heavy atom. The highest BCUT2D eigenvalue weighted by atomic mass is 32.1. The van der Waals surface area contributed by atoms with Crippen LogP contribution in [-0.2, 0) is 0 Å². The van der Waals surface area contributed by atoms with Crippen molar-refractivity contribution in [3.8, 4) is 11.5 Å². The maximum absolute atomic E-state index is 6.33. The molecule has 1 unspecified atom stereocenters. The molecule has 0 bridgehead atoms. The average molecular weight is 277 g/mol. The normalized spacial score (nSPS) is 12.3. The number of methoxy groups -OCH3 is 2. The number of thiophene rings is 1. The van der Waals surface area contributed by atoms with Crippen molar-refractivity contribution in [2.24, 2.45) is 5.73 Å². The van der Waals surface area contributed by atoms with Crippen LogP contribution < -0.4 is 15.2 Å². The maximum atomic E-state index is 6.33. The van der Waals surface area contributed by atoms with Crippen molar-refractivity contribution in [1.29, 1.82) is 0 Å². The number of aryl methyl sites for hydroxylation is 2. The maximum Gasteiger partial charge on any atom is 0.161 e. The van der Waals surface area contributed by atoms with Crippen LogP contribution in [0.2, 0.25) is 0 Å². The van der Waals surface area contributed by atoms with Crippen LogP contribution in [0.5, 0.6) is 11.5 Å². The lowest BCUT2D eigenvalue weighted by atomic mass is 10.0. The molecule has 0 saturated carbocycles. The smallest absolute Gasteiger partial charge is 0.161 e. The van der Waals surface area contributed by atoms with Gasteiger partial charge in [-0.15, -0.1) is 11.3 Å². The van der Waals surface area contributed by atoms with Gasteiger partial charge in [0.1, 0.15) is 0 Å². The molecule has 2 aromatic rings. The van der Waals surface area contributed by atoms with Crippen molar-refractivity contribution in [2.45, 2.75) is 19.9 Å². The Hall–Kier alpha value is -1.52. The molecule has 0 aliphatic carbocycles. The van der Waals surface area contributed by atoms with E-state index in [9.17, 15) is 0 Å². The van der Waals surface area contributed by atoms with Crippen molar-refractivity contribution in [1.82, 2.24) is 0 Å². The van der Waals surface area contributed by atoms with Crippen LogP contribution in [0.1, 0.15) is 26.9 Å². The fraction of sp³-hybridized carbons (Fsp3) is 0.333. The van der Waals surface area contributed by atoms with Crippen molar-refractivity contribution >= 4 is 11.3 Å². The number of benzene rings is 1. The van der Waals surface area contributed by atoms with Crippen LogP contribution >= 0.6 is 11.3 Å². The molecule has 1 aromatic heterocycles. The molecule has 1 aromatic carbocycles. The Morgan fingerprint density at radius 1 is 1.05 bits per heavy atom. The third-order valence-electron chi connectivity index (χ3n) is 3.26. The largest absolute Gasteiger partial charge is 0.493 e. The van der Waals surface area contributed by atoms with Gasteiger partial charge in [0.15, 0.2) is 11.5 Å². The van der Waals surface area contributed by atoms with Gasteiger partial charge in [0.25, 0.3) is 0 Å². The van der Waals surface area contributed by atoms with Crippen molar-refractivity contribution in [2.75, 3.05) is 14.2 Å². The zero-order chi connectivity index (χ0) is 14.0. The Bertz CT molecular complexity index is 558. The molecule has 0 aliphatic heterocycles. The van der Waals surface area contributed by atoms with E-state index in [1.54, 1.807) is 25.6 Å². The number of hydrogen-bond acceptors (Lipinski definition) is 4. The summed E-state index contributed by atoms with van der Waals surface area (Å²) in [7, 11) is 3.26. The van der Waals surface area contributed by atoms with E-state index in [0.717, 1.165) is 11.3 Å². The molecule has 0 fully saturated rings. The van der Waals surface area contributed by atoms with Gasteiger partial charge in [-0.3, -0.25) is 0 Å². The molecular formula is C15H19NO2S. The first kappa shape index (κ1) is 13.9. The van der Waals surface area contributed by atoms with Gasteiger partial charge in [0, 0.05) is 9.75 Å². The molecule has 19 heavy (non-hydrogen) atoms. The van der Waals surface area contributed by atoms with Gasteiger partial charge in [-0.2, -0.15) is 0 Å². The van der Waals surface area contributed by atoms with E-state index < -0.39 is 0 Å². The molecule has 4 heteroatoms. The monoisotopic (exact) mass is 277 g/mol. The van der Waals surface area contributed by atoms with Crippen LogP contribution in [-0.4, -0.2) is 14.2 Å². The topological polar surface area (TPSA) is 44.5 Å². The van der Waals surface area contributed by atoms with Crippen molar-refractivity contribution < 1.29 is 9.47 Å². The van der Waals surface area contributed by atoms with Crippen molar-refractivity contribution in [3.63, 3.8) is 0 Å². The summed E-state index contributed by atoms with van der Waals surface area (Å²) in [5.41, 5.74) is 8.64. The van der Waals surface area contributed by atoms with Crippen LogP contribution in [0.25, 0.3) is 0 Å². The second-order valence-electron chi connectivity index (χ2n) is 4.48. The first-order valence-electron chi connectivity index (χ1n) is 6.11. The summed E-state index contributed by atoms with van der Waals surface area (Å²) in [5.74, 6) is 1.43. The van der Waals surface area contributed by atoms with E-state index in [4.69, 9.17) is 15.2 Å². The predicted molar refractivity (Wildman–Crippen MR) is 79.4 cm³/mol. The lowest BCUT2D eigenvalue weighted by Crippen LogP contribution is -2.10. The standard InChI is InChI=1S/C15H19NO2S/c1-9-7-14(19-10(9)2)15(16)11-5-6-12(17-3)13(8-11)18-4/h5-8,15H,16H2,1-4H3. The third-order valence-corrected chi connectivity index (χ3v) is 4.49. The molecular weight excluding hydrogens is 258 g/mol. The van der Waals surface area contributed by atoms with Gasteiger partial charge >= 0.3 is 0 Å². The highest BCUT2D eigenvalue weighted by Crippen LogP contribution is 2.34. The Labute approximate surface area is 118 Å². The Morgan fingerprint density at radius 3 is 2.26 bits per heavy atom. The van der Waals surface area contributed by atoms with Gasteiger partial charge in [0.2, 0.25) is 0 Å². The quantitative estimate of drug-likeness (QED) is 0.931. The highest BCUT2D eigenvalue weighted by molar-refractivity contribution is 7.12. The van der Waals surface area contributed by atoms with Crippen LogP contribution in [0.4, 0.5) is 0 Å². The molecule has 0 saturated heterocycles. The molecule has 102 valence electrons. The molecule has 1 heterocycles. The first-order chi connectivity index (χ1) is 9.06. The molecule has 3 nitrogen and oxygen atoms in total. The molecule has 0 spiro atoms. The van der Waals surface area contributed by atoms with E-state index in [-0.39, 0.29) is 6.04 Å². The second kappa shape index (κ2) is 5.63. The predicted octanol–water partition coefficient (Wildman–Crippen LogP) is 3.43. The number of rotatable bonds is 4. The molecule has 0 amide bonds. The number of ether oxygens (including phenoxy) is 2. The fourth-order valence-electron chi connectivity index (χ4n) is 1.97. The van der Waals surface area contributed by atoms with Crippen LogP contribution in [0.15, 0.2) is 24.3 Å².